The summed E-state index contributed by atoms with van der Waals surface area (Å²) in [6, 6.07) is 0. The van der Waals surface area contributed by atoms with Crippen molar-refractivity contribution in [3.8, 4) is 0 Å². The van der Waals surface area contributed by atoms with E-state index in [1.54, 1.807) is 0 Å². The molecule has 0 bridgehead atoms. The first kappa shape index (κ1) is 21.0. The first-order chi connectivity index (χ1) is 11.4. The lowest BCUT2D eigenvalue weighted by atomic mass is 9.49. The fraction of sp³-hybridized carbons (Fsp3) is 0.833. The van der Waals surface area contributed by atoms with Gasteiger partial charge in [-0.15, -0.1) is 0 Å². The molecule has 2 nitrogen and oxygen atoms in total. The number of aliphatic hydroxyl groups excluding tert-OH is 1. The zero-order valence-corrected chi connectivity index (χ0v) is 12.0. The molecule has 152 valence electrons. The summed E-state index contributed by atoms with van der Waals surface area (Å²) in [5, 5.41) is 9.38. The van der Waals surface area contributed by atoms with Crippen molar-refractivity contribution in [2.24, 2.45) is 23.2 Å². The molecule has 0 spiro atoms. The fourth-order valence-electron chi connectivity index (χ4n) is 3.38. The maximum absolute atomic E-state index is 13.1. The highest BCUT2D eigenvalue weighted by Crippen LogP contribution is 2.69. The highest BCUT2D eigenvalue weighted by molar-refractivity contribution is 5.26. The van der Waals surface area contributed by atoms with E-state index >= 15 is 0 Å². The number of rotatable bonds is 1. The van der Waals surface area contributed by atoms with Gasteiger partial charge in [0.2, 0.25) is 5.92 Å². The number of halogens is 12. The third-order valence-electron chi connectivity index (χ3n) is 4.52. The van der Waals surface area contributed by atoms with Gasteiger partial charge in [-0.1, -0.05) is 0 Å². The molecular formula is C12H8F12O2. The smallest absolute Gasteiger partial charge is 0.407 e. The Morgan fingerprint density at radius 2 is 1.31 bits per heavy atom. The van der Waals surface area contributed by atoms with Crippen LogP contribution in [-0.2, 0) is 4.74 Å². The maximum atomic E-state index is 13.1. The topological polar surface area (TPSA) is 29.5 Å². The standard InChI is InChI=1S/C12H8F12O2/c13-9(14,15)6(10(16,17)18)5-1-4-3(2-26-5)7(25)8(4,11(19,20)21)12(22,23)24/h1,3-4,6-7,25H,2H2. The van der Waals surface area contributed by atoms with Crippen molar-refractivity contribution < 1.29 is 62.5 Å². The van der Waals surface area contributed by atoms with Crippen LogP contribution in [-0.4, -0.2) is 42.5 Å². The highest BCUT2D eigenvalue weighted by Gasteiger charge is 2.85. The number of alkyl halides is 12. The van der Waals surface area contributed by atoms with Crippen LogP contribution < -0.4 is 0 Å². The van der Waals surface area contributed by atoms with E-state index in [0.717, 1.165) is 0 Å². The van der Waals surface area contributed by atoms with Crippen LogP contribution in [0.5, 0.6) is 0 Å². The van der Waals surface area contributed by atoms with Gasteiger partial charge < -0.3 is 9.84 Å². The van der Waals surface area contributed by atoms with E-state index < -0.39 is 72.4 Å². The zero-order valence-electron chi connectivity index (χ0n) is 12.0. The van der Waals surface area contributed by atoms with E-state index in [1.807, 2.05) is 0 Å². The van der Waals surface area contributed by atoms with E-state index in [-0.39, 0.29) is 0 Å². The molecule has 0 aromatic carbocycles. The summed E-state index contributed by atoms with van der Waals surface area (Å²) < 4.78 is 158. The minimum Gasteiger partial charge on any atom is -0.497 e. The second-order valence-electron chi connectivity index (χ2n) is 5.90. The number of allylic oxidation sites excluding steroid dienone is 2. The van der Waals surface area contributed by atoms with E-state index in [2.05, 4.69) is 4.74 Å². The Balaban J connectivity index is 2.58. The Morgan fingerprint density at radius 1 is 0.885 bits per heavy atom. The molecular weight excluding hydrogens is 404 g/mol. The summed E-state index contributed by atoms with van der Waals surface area (Å²) >= 11 is 0. The second kappa shape index (κ2) is 5.58. The van der Waals surface area contributed by atoms with Gasteiger partial charge in [0.1, 0.15) is 5.76 Å². The molecule has 1 N–H and O–H groups in total. The van der Waals surface area contributed by atoms with E-state index in [4.69, 9.17) is 0 Å². The van der Waals surface area contributed by atoms with E-state index in [0.29, 0.717) is 0 Å². The molecule has 1 aliphatic carbocycles. The van der Waals surface area contributed by atoms with Gasteiger partial charge in [0, 0.05) is 11.8 Å². The highest BCUT2D eigenvalue weighted by atomic mass is 19.4. The number of ether oxygens (including phenoxy) is 1. The van der Waals surface area contributed by atoms with Crippen LogP contribution in [0.2, 0.25) is 0 Å². The van der Waals surface area contributed by atoms with Crippen LogP contribution in [0.25, 0.3) is 0 Å². The number of hydrogen-bond donors (Lipinski definition) is 1. The zero-order chi connectivity index (χ0) is 20.5. The Bertz CT molecular complexity index is 553. The van der Waals surface area contributed by atoms with Crippen molar-refractivity contribution in [2.75, 3.05) is 6.61 Å². The molecule has 1 fully saturated rings. The van der Waals surface area contributed by atoms with Crippen LogP contribution >= 0.6 is 0 Å². The summed E-state index contributed by atoms with van der Waals surface area (Å²) in [6.45, 7) is -1.35. The van der Waals surface area contributed by atoms with E-state index in [1.165, 1.54) is 0 Å². The average molecular weight is 412 g/mol. The van der Waals surface area contributed by atoms with E-state index in [9.17, 15) is 57.8 Å². The SMILES string of the molecule is OC1C2COC(C(C(F)(F)F)C(F)(F)F)=CC2C1(C(F)(F)F)C(F)(F)F. The van der Waals surface area contributed by atoms with Gasteiger partial charge in [0.25, 0.3) is 0 Å². The lowest BCUT2D eigenvalue weighted by Gasteiger charge is -2.59. The lowest BCUT2D eigenvalue weighted by molar-refractivity contribution is -0.430. The monoisotopic (exact) mass is 412 g/mol. The van der Waals surface area contributed by atoms with Crippen molar-refractivity contribution in [2.45, 2.75) is 30.8 Å². The molecule has 1 saturated carbocycles. The molecule has 0 radical (unpaired) electrons. The molecule has 3 unspecified atom stereocenters. The second-order valence-corrected chi connectivity index (χ2v) is 5.90. The van der Waals surface area contributed by atoms with Crippen molar-refractivity contribution in [1.82, 2.24) is 0 Å². The normalized spacial score (nSPS) is 29.6. The minimum absolute atomic E-state index is 0.465. The maximum Gasteiger partial charge on any atom is 0.407 e. The van der Waals surface area contributed by atoms with Crippen LogP contribution in [0.15, 0.2) is 11.8 Å². The van der Waals surface area contributed by atoms with Crippen molar-refractivity contribution in [1.29, 1.82) is 0 Å². The minimum atomic E-state index is -6.17. The van der Waals surface area contributed by atoms with Crippen molar-refractivity contribution >= 4 is 0 Å². The molecule has 2 rings (SSSR count). The molecule has 0 aromatic heterocycles. The van der Waals surface area contributed by atoms with Crippen LogP contribution in [0, 0.1) is 23.2 Å². The third kappa shape index (κ3) is 2.80. The van der Waals surface area contributed by atoms with Gasteiger partial charge in [-0.3, -0.25) is 0 Å². The Hall–Kier alpha value is -1.34. The third-order valence-corrected chi connectivity index (χ3v) is 4.52. The number of fused-ring (bicyclic) bond motifs is 1. The molecule has 0 amide bonds. The fourth-order valence-corrected chi connectivity index (χ4v) is 3.38. The van der Waals surface area contributed by atoms with Crippen LogP contribution in [0.4, 0.5) is 52.7 Å². The molecule has 1 heterocycles. The molecule has 26 heavy (non-hydrogen) atoms. The first-order valence-electron chi connectivity index (χ1n) is 6.66. The number of aliphatic hydroxyl groups is 1. The average Bonchev–Trinajstić information content (AvgIpc) is 2.31. The van der Waals surface area contributed by atoms with Gasteiger partial charge in [-0.2, -0.15) is 52.7 Å². The molecule has 3 atom stereocenters. The first-order valence-corrected chi connectivity index (χ1v) is 6.66. The Labute approximate surface area is 136 Å². The van der Waals surface area contributed by atoms with Gasteiger partial charge in [0.05, 0.1) is 12.7 Å². The molecule has 2 aliphatic rings. The van der Waals surface area contributed by atoms with Gasteiger partial charge in [0.15, 0.2) is 5.41 Å². The quantitative estimate of drug-likeness (QED) is 0.649. The summed E-state index contributed by atoms with van der Waals surface area (Å²) in [5.74, 6) is -11.3. The molecule has 0 aromatic rings. The predicted octanol–water partition coefficient (Wildman–Crippen LogP) is 4.36. The summed E-state index contributed by atoms with van der Waals surface area (Å²) in [7, 11) is 0. The largest absolute Gasteiger partial charge is 0.497 e. The predicted molar refractivity (Wildman–Crippen MR) is 57.2 cm³/mol. The van der Waals surface area contributed by atoms with Gasteiger partial charge in [-0.25, -0.2) is 0 Å². The van der Waals surface area contributed by atoms with Crippen molar-refractivity contribution in [3.05, 3.63) is 11.8 Å². The molecule has 0 saturated heterocycles. The van der Waals surface area contributed by atoms with Crippen LogP contribution in [0.3, 0.4) is 0 Å². The number of hydrogen-bond acceptors (Lipinski definition) is 2. The Morgan fingerprint density at radius 3 is 1.65 bits per heavy atom. The van der Waals surface area contributed by atoms with Crippen LogP contribution in [0.1, 0.15) is 0 Å². The Kier molecular flexibility index (Phi) is 4.50. The van der Waals surface area contributed by atoms with Gasteiger partial charge >= 0.3 is 24.7 Å². The summed E-state index contributed by atoms with van der Waals surface area (Å²) in [6.07, 6.45) is -28.0. The summed E-state index contributed by atoms with van der Waals surface area (Å²) in [5.41, 5.74) is -4.87. The van der Waals surface area contributed by atoms with Gasteiger partial charge in [-0.05, 0) is 6.08 Å². The summed E-state index contributed by atoms with van der Waals surface area (Å²) in [4.78, 5) is 0. The molecule has 14 heteroatoms. The lowest BCUT2D eigenvalue weighted by Crippen LogP contribution is -2.74. The van der Waals surface area contributed by atoms with Crippen molar-refractivity contribution in [3.63, 3.8) is 0 Å². The molecule has 1 aliphatic heterocycles.